The van der Waals surface area contributed by atoms with Gasteiger partial charge in [-0.1, -0.05) is 12.1 Å². The van der Waals surface area contributed by atoms with E-state index in [1.807, 2.05) is 0 Å². The Morgan fingerprint density at radius 1 is 1.24 bits per heavy atom. The number of amides is 2. The molecule has 2 amide bonds. The van der Waals surface area contributed by atoms with Crippen LogP contribution in [-0.4, -0.2) is 30.5 Å². The fraction of sp³-hybridized carbons (Fsp3) is 0.333. The molecule has 0 atom stereocenters. The molecule has 0 bridgehead atoms. The average Bonchev–Trinajstić information content (AvgIpc) is 2.32. The summed E-state index contributed by atoms with van der Waals surface area (Å²) in [6, 6.07) is 6.53. The molecule has 0 heterocycles. The summed E-state index contributed by atoms with van der Waals surface area (Å²) in [4.78, 5) is 21.4. The highest BCUT2D eigenvalue weighted by Crippen LogP contribution is 2.09. The summed E-state index contributed by atoms with van der Waals surface area (Å²) in [7, 11) is 0. The van der Waals surface area contributed by atoms with Crippen LogP contribution in [0.4, 0.5) is 0 Å². The first kappa shape index (κ1) is 13.0. The Hall–Kier alpha value is -2.04. The van der Waals surface area contributed by atoms with Gasteiger partial charge in [-0.3, -0.25) is 9.59 Å². The maximum absolute atomic E-state index is 11.5. The van der Waals surface area contributed by atoms with Gasteiger partial charge >= 0.3 is 0 Å². The van der Waals surface area contributed by atoms with E-state index < -0.39 is 0 Å². The Kier molecular flexibility index (Phi) is 5.57. The lowest BCUT2D eigenvalue weighted by atomic mass is 10.1. The Balaban J connectivity index is 2.20. The smallest absolute Gasteiger partial charge is 0.224 e. The van der Waals surface area contributed by atoms with Crippen LogP contribution in [0.25, 0.3) is 0 Å². The predicted octanol–water partition coefficient (Wildman–Crippen LogP) is 0.187. The molecule has 0 aliphatic heterocycles. The number of carbonyl (C=O) groups excluding carboxylic acids is 2. The van der Waals surface area contributed by atoms with Gasteiger partial charge in [0, 0.05) is 13.1 Å². The Morgan fingerprint density at radius 3 is 2.59 bits per heavy atom. The number of phenolic OH excluding ortho intramolecular Hbond substituents is 1. The number of hydrogen-bond donors (Lipinski definition) is 3. The van der Waals surface area contributed by atoms with Crippen LogP contribution in [0.15, 0.2) is 24.3 Å². The van der Waals surface area contributed by atoms with Gasteiger partial charge in [0.05, 0.1) is 6.42 Å². The van der Waals surface area contributed by atoms with Crippen LogP contribution in [0.1, 0.15) is 12.0 Å². The SMILES string of the molecule is O=CNCCCNC(=O)Cc1ccc(O)cc1. The van der Waals surface area contributed by atoms with Crippen molar-refractivity contribution in [2.24, 2.45) is 0 Å². The van der Waals surface area contributed by atoms with Gasteiger partial charge < -0.3 is 15.7 Å². The van der Waals surface area contributed by atoms with Crippen molar-refractivity contribution in [2.75, 3.05) is 13.1 Å². The molecule has 0 saturated heterocycles. The highest BCUT2D eigenvalue weighted by molar-refractivity contribution is 5.78. The molecule has 1 aromatic carbocycles. The Bertz CT molecular complexity index is 363. The van der Waals surface area contributed by atoms with Crippen molar-refractivity contribution in [2.45, 2.75) is 12.8 Å². The van der Waals surface area contributed by atoms with Gasteiger partial charge in [0.15, 0.2) is 0 Å². The molecule has 0 aliphatic rings. The lowest BCUT2D eigenvalue weighted by Crippen LogP contribution is -2.28. The second-order valence-electron chi connectivity index (χ2n) is 3.62. The minimum atomic E-state index is -0.0678. The maximum atomic E-state index is 11.5. The van der Waals surface area contributed by atoms with E-state index in [-0.39, 0.29) is 11.7 Å². The van der Waals surface area contributed by atoms with Gasteiger partial charge in [0.2, 0.25) is 12.3 Å². The van der Waals surface area contributed by atoms with Crippen LogP contribution < -0.4 is 10.6 Å². The van der Waals surface area contributed by atoms with Crippen molar-refractivity contribution in [1.29, 1.82) is 0 Å². The van der Waals surface area contributed by atoms with Crippen LogP contribution in [0, 0.1) is 0 Å². The highest BCUT2D eigenvalue weighted by Gasteiger charge is 2.02. The minimum absolute atomic E-state index is 0.0678. The highest BCUT2D eigenvalue weighted by atomic mass is 16.3. The van der Waals surface area contributed by atoms with Crippen LogP contribution in [0.3, 0.4) is 0 Å². The third-order valence-corrected chi connectivity index (χ3v) is 2.20. The number of hydrogen-bond acceptors (Lipinski definition) is 3. The van der Waals surface area contributed by atoms with Crippen LogP contribution in [0.2, 0.25) is 0 Å². The lowest BCUT2D eigenvalue weighted by molar-refractivity contribution is -0.120. The van der Waals surface area contributed by atoms with E-state index in [0.717, 1.165) is 5.56 Å². The molecule has 0 unspecified atom stereocenters. The van der Waals surface area contributed by atoms with Crippen LogP contribution >= 0.6 is 0 Å². The van der Waals surface area contributed by atoms with Crippen molar-refractivity contribution >= 4 is 12.3 Å². The molecule has 0 fully saturated rings. The first-order valence-electron chi connectivity index (χ1n) is 5.44. The summed E-state index contributed by atoms with van der Waals surface area (Å²) in [5.41, 5.74) is 0.853. The Morgan fingerprint density at radius 2 is 1.94 bits per heavy atom. The van der Waals surface area contributed by atoms with Crippen molar-refractivity contribution in [3.05, 3.63) is 29.8 Å². The zero-order valence-corrected chi connectivity index (χ0v) is 9.48. The average molecular weight is 236 g/mol. The van der Waals surface area contributed by atoms with Crippen molar-refractivity contribution in [1.82, 2.24) is 10.6 Å². The maximum Gasteiger partial charge on any atom is 0.224 e. The van der Waals surface area contributed by atoms with E-state index in [1.165, 1.54) is 0 Å². The molecule has 92 valence electrons. The molecule has 0 radical (unpaired) electrons. The standard InChI is InChI=1S/C12H16N2O3/c15-9-13-6-1-7-14-12(17)8-10-2-4-11(16)5-3-10/h2-5,9,16H,1,6-8H2,(H,13,15)(H,14,17). The Labute approximate surface area is 99.8 Å². The fourth-order valence-electron chi connectivity index (χ4n) is 1.34. The van der Waals surface area contributed by atoms with E-state index >= 15 is 0 Å². The summed E-state index contributed by atoms with van der Waals surface area (Å²) < 4.78 is 0. The molecular weight excluding hydrogens is 220 g/mol. The van der Waals surface area contributed by atoms with Crippen molar-refractivity contribution in [3.63, 3.8) is 0 Å². The number of aromatic hydroxyl groups is 1. The van der Waals surface area contributed by atoms with Gasteiger partial charge in [-0.2, -0.15) is 0 Å². The van der Waals surface area contributed by atoms with Gasteiger partial charge in [-0.15, -0.1) is 0 Å². The zero-order valence-electron chi connectivity index (χ0n) is 9.48. The topological polar surface area (TPSA) is 78.4 Å². The molecule has 3 N–H and O–H groups in total. The number of phenols is 1. The number of nitrogens with one attached hydrogen (secondary N) is 2. The minimum Gasteiger partial charge on any atom is -0.508 e. The summed E-state index contributed by atoms with van der Waals surface area (Å²) in [5, 5.41) is 14.3. The second-order valence-corrected chi connectivity index (χ2v) is 3.62. The predicted molar refractivity (Wildman–Crippen MR) is 63.5 cm³/mol. The van der Waals surface area contributed by atoms with E-state index in [9.17, 15) is 9.59 Å². The third kappa shape index (κ3) is 5.55. The van der Waals surface area contributed by atoms with E-state index in [2.05, 4.69) is 10.6 Å². The van der Waals surface area contributed by atoms with Gasteiger partial charge in [0.25, 0.3) is 0 Å². The molecule has 5 heteroatoms. The molecule has 0 spiro atoms. The first-order chi connectivity index (χ1) is 8.22. The third-order valence-electron chi connectivity index (χ3n) is 2.20. The fourth-order valence-corrected chi connectivity index (χ4v) is 1.34. The second kappa shape index (κ2) is 7.27. The summed E-state index contributed by atoms with van der Waals surface area (Å²) in [5.74, 6) is 0.121. The molecule has 17 heavy (non-hydrogen) atoms. The summed E-state index contributed by atoms with van der Waals surface area (Å²) in [6.45, 7) is 1.10. The molecule has 0 aliphatic carbocycles. The van der Waals surface area contributed by atoms with E-state index in [1.54, 1.807) is 24.3 Å². The van der Waals surface area contributed by atoms with Crippen LogP contribution in [0.5, 0.6) is 5.75 Å². The summed E-state index contributed by atoms with van der Waals surface area (Å²) >= 11 is 0. The van der Waals surface area contributed by atoms with Crippen molar-refractivity contribution in [3.8, 4) is 5.75 Å². The molecular formula is C12H16N2O3. The molecule has 0 aromatic heterocycles. The zero-order chi connectivity index (χ0) is 12.5. The van der Waals surface area contributed by atoms with Gasteiger partial charge in [-0.05, 0) is 24.1 Å². The number of carbonyl (C=O) groups is 2. The monoisotopic (exact) mass is 236 g/mol. The van der Waals surface area contributed by atoms with Gasteiger partial charge in [0.1, 0.15) is 5.75 Å². The molecule has 0 saturated carbocycles. The largest absolute Gasteiger partial charge is 0.508 e. The first-order valence-corrected chi connectivity index (χ1v) is 5.44. The normalized spacial score (nSPS) is 9.65. The lowest BCUT2D eigenvalue weighted by Gasteiger charge is -2.05. The number of rotatable bonds is 7. The van der Waals surface area contributed by atoms with Crippen LogP contribution in [-0.2, 0) is 16.0 Å². The molecule has 1 rings (SSSR count). The van der Waals surface area contributed by atoms with Gasteiger partial charge in [-0.25, -0.2) is 0 Å². The quantitative estimate of drug-likeness (QED) is 0.467. The van der Waals surface area contributed by atoms with Crippen molar-refractivity contribution < 1.29 is 14.7 Å². The number of benzene rings is 1. The summed E-state index contributed by atoms with van der Waals surface area (Å²) in [6.07, 6.45) is 1.64. The molecule has 5 nitrogen and oxygen atoms in total. The molecule has 1 aromatic rings. The van der Waals surface area contributed by atoms with E-state index in [0.29, 0.717) is 32.3 Å². The van der Waals surface area contributed by atoms with E-state index in [4.69, 9.17) is 5.11 Å².